The number of aryl methyl sites for hydroxylation is 1. The lowest BCUT2D eigenvalue weighted by atomic mass is 10.1. The third-order valence-corrected chi connectivity index (χ3v) is 3.69. The minimum atomic E-state index is -0.305. The number of rotatable bonds is 2. The number of nitrogens with two attached hydrogens (primary N) is 1. The molecule has 0 radical (unpaired) electrons. The Morgan fingerprint density at radius 2 is 2.12 bits per heavy atom. The number of aromatic nitrogens is 1. The zero-order valence-corrected chi connectivity index (χ0v) is 10.2. The van der Waals surface area contributed by atoms with Crippen LogP contribution in [0.1, 0.15) is 35.8 Å². The van der Waals surface area contributed by atoms with Gasteiger partial charge in [0.25, 0.3) is 0 Å². The summed E-state index contributed by atoms with van der Waals surface area (Å²) in [5, 5.41) is 0. The van der Waals surface area contributed by atoms with E-state index in [0.29, 0.717) is 11.6 Å². The van der Waals surface area contributed by atoms with E-state index in [-0.39, 0.29) is 17.4 Å². The van der Waals surface area contributed by atoms with E-state index in [1.165, 1.54) is 7.11 Å². The summed E-state index contributed by atoms with van der Waals surface area (Å²) in [4.78, 5) is 11.5. The second kappa shape index (κ2) is 3.35. The fourth-order valence-electron chi connectivity index (χ4n) is 2.38. The number of hydrogen-bond donors (Lipinski definition) is 1. The standard InChI is InChI=1S/C12H18N2O2/c1-12(2)9(10(12)13)7-5-8(11(15)16-4)14(3)6-7/h5-6,9-10H,13H2,1-4H3/t9-,10-/m0/s1. The highest BCUT2D eigenvalue weighted by atomic mass is 16.5. The van der Waals surface area contributed by atoms with Gasteiger partial charge in [0, 0.05) is 25.2 Å². The first-order valence-corrected chi connectivity index (χ1v) is 5.39. The van der Waals surface area contributed by atoms with Gasteiger partial charge < -0.3 is 15.0 Å². The molecule has 1 aliphatic rings. The second-order valence-corrected chi connectivity index (χ2v) is 5.09. The molecule has 0 spiro atoms. The summed E-state index contributed by atoms with van der Waals surface area (Å²) >= 11 is 0. The molecule has 0 amide bonds. The molecule has 1 saturated carbocycles. The highest BCUT2D eigenvalue weighted by molar-refractivity contribution is 5.88. The van der Waals surface area contributed by atoms with Crippen LogP contribution in [0.15, 0.2) is 12.3 Å². The first-order valence-electron chi connectivity index (χ1n) is 5.39. The summed E-state index contributed by atoms with van der Waals surface area (Å²) in [7, 11) is 3.23. The minimum absolute atomic E-state index is 0.134. The van der Waals surface area contributed by atoms with Crippen molar-refractivity contribution in [3.8, 4) is 0 Å². The van der Waals surface area contributed by atoms with Crippen molar-refractivity contribution in [1.82, 2.24) is 4.57 Å². The number of carbonyl (C=O) groups is 1. The number of nitrogens with zero attached hydrogens (tertiary/aromatic N) is 1. The molecule has 88 valence electrons. The number of ether oxygens (including phenoxy) is 1. The molecule has 2 N–H and O–H groups in total. The molecule has 0 bridgehead atoms. The maximum Gasteiger partial charge on any atom is 0.354 e. The zero-order chi connectivity index (χ0) is 12.1. The van der Waals surface area contributed by atoms with E-state index in [1.54, 1.807) is 4.57 Å². The number of carbonyl (C=O) groups excluding carboxylic acids is 1. The van der Waals surface area contributed by atoms with Crippen molar-refractivity contribution in [2.24, 2.45) is 18.2 Å². The second-order valence-electron chi connectivity index (χ2n) is 5.09. The summed E-state index contributed by atoms with van der Waals surface area (Å²) in [6, 6.07) is 2.06. The highest BCUT2D eigenvalue weighted by Crippen LogP contribution is 2.57. The number of methoxy groups -OCH3 is 1. The summed E-state index contributed by atoms with van der Waals surface area (Å²) in [6.07, 6.45) is 1.96. The molecule has 0 aromatic carbocycles. The molecule has 16 heavy (non-hydrogen) atoms. The molecule has 1 aromatic heterocycles. The average Bonchev–Trinajstić information content (AvgIpc) is 2.59. The van der Waals surface area contributed by atoms with E-state index in [1.807, 2.05) is 19.3 Å². The Bertz CT molecular complexity index is 434. The maximum absolute atomic E-state index is 11.5. The van der Waals surface area contributed by atoms with Crippen LogP contribution in [0, 0.1) is 5.41 Å². The molecule has 2 rings (SSSR count). The number of hydrogen-bond acceptors (Lipinski definition) is 3. The smallest absolute Gasteiger partial charge is 0.354 e. The van der Waals surface area contributed by atoms with E-state index in [4.69, 9.17) is 10.5 Å². The lowest BCUT2D eigenvalue weighted by Gasteiger charge is -1.98. The van der Waals surface area contributed by atoms with Crippen molar-refractivity contribution in [1.29, 1.82) is 0 Å². The molecule has 1 heterocycles. The van der Waals surface area contributed by atoms with Gasteiger partial charge in [-0.25, -0.2) is 4.79 Å². The predicted octanol–water partition coefficient (Wildman–Crippen LogP) is 1.26. The van der Waals surface area contributed by atoms with Gasteiger partial charge in [0.15, 0.2) is 0 Å². The van der Waals surface area contributed by atoms with Gasteiger partial charge in [-0.05, 0) is 17.0 Å². The summed E-state index contributed by atoms with van der Waals surface area (Å²) in [6.45, 7) is 4.29. The van der Waals surface area contributed by atoms with E-state index in [2.05, 4.69) is 13.8 Å². The van der Waals surface area contributed by atoms with Crippen molar-refractivity contribution in [3.63, 3.8) is 0 Å². The van der Waals surface area contributed by atoms with Gasteiger partial charge in [-0.15, -0.1) is 0 Å². The van der Waals surface area contributed by atoms with E-state index >= 15 is 0 Å². The molecule has 0 saturated heterocycles. The lowest BCUT2D eigenvalue weighted by molar-refractivity contribution is 0.0590. The van der Waals surface area contributed by atoms with Crippen LogP contribution in [0.3, 0.4) is 0 Å². The highest BCUT2D eigenvalue weighted by Gasteiger charge is 2.56. The van der Waals surface area contributed by atoms with Gasteiger partial charge in [-0.2, -0.15) is 0 Å². The molecular weight excluding hydrogens is 204 g/mol. The van der Waals surface area contributed by atoms with E-state index in [0.717, 1.165) is 5.56 Å². The van der Waals surface area contributed by atoms with Gasteiger partial charge >= 0.3 is 5.97 Å². The van der Waals surface area contributed by atoms with Crippen LogP contribution in [-0.2, 0) is 11.8 Å². The fourth-order valence-corrected chi connectivity index (χ4v) is 2.38. The number of esters is 1. The molecule has 0 unspecified atom stereocenters. The molecule has 1 aliphatic carbocycles. The first kappa shape index (κ1) is 11.2. The molecule has 4 heteroatoms. The van der Waals surface area contributed by atoms with Gasteiger partial charge in [0.1, 0.15) is 5.69 Å². The fraction of sp³-hybridized carbons (Fsp3) is 0.583. The van der Waals surface area contributed by atoms with E-state index in [9.17, 15) is 4.79 Å². The maximum atomic E-state index is 11.5. The van der Waals surface area contributed by atoms with Gasteiger partial charge in [0.2, 0.25) is 0 Å². The van der Waals surface area contributed by atoms with Crippen LogP contribution in [0.5, 0.6) is 0 Å². The van der Waals surface area contributed by atoms with Crippen LogP contribution in [0.4, 0.5) is 0 Å². The van der Waals surface area contributed by atoms with Crippen LogP contribution in [0.2, 0.25) is 0 Å². The average molecular weight is 222 g/mol. The molecule has 0 aliphatic heterocycles. The van der Waals surface area contributed by atoms with Crippen LogP contribution in [-0.4, -0.2) is 23.7 Å². The Morgan fingerprint density at radius 1 is 1.56 bits per heavy atom. The van der Waals surface area contributed by atoms with Crippen LogP contribution in [0.25, 0.3) is 0 Å². The normalized spacial score (nSPS) is 26.6. The molecule has 1 fully saturated rings. The van der Waals surface area contributed by atoms with Gasteiger partial charge in [-0.1, -0.05) is 13.8 Å². The monoisotopic (exact) mass is 222 g/mol. The molecule has 4 nitrogen and oxygen atoms in total. The lowest BCUT2D eigenvalue weighted by Crippen LogP contribution is -2.06. The Kier molecular flexibility index (Phi) is 2.35. The molecule has 2 atom stereocenters. The Labute approximate surface area is 95.4 Å². The van der Waals surface area contributed by atoms with Crippen LogP contribution < -0.4 is 5.73 Å². The minimum Gasteiger partial charge on any atom is -0.464 e. The molecular formula is C12H18N2O2. The van der Waals surface area contributed by atoms with Gasteiger partial charge in [0.05, 0.1) is 7.11 Å². The quantitative estimate of drug-likeness (QED) is 0.766. The summed E-state index contributed by atoms with van der Waals surface area (Å²) in [5.74, 6) is 0.0397. The van der Waals surface area contributed by atoms with Crippen molar-refractivity contribution in [2.75, 3.05) is 7.11 Å². The Morgan fingerprint density at radius 3 is 2.56 bits per heavy atom. The molecule has 1 aromatic rings. The Balaban J connectivity index is 2.30. The van der Waals surface area contributed by atoms with Crippen molar-refractivity contribution in [3.05, 3.63) is 23.5 Å². The third-order valence-electron chi connectivity index (χ3n) is 3.69. The third kappa shape index (κ3) is 1.45. The summed E-state index contributed by atoms with van der Waals surface area (Å²) in [5.41, 5.74) is 7.85. The Hall–Kier alpha value is -1.29. The topological polar surface area (TPSA) is 57.2 Å². The first-order chi connectivity index (χ1) is 7.39. The van der Waals surface area contributed by atoms with Crippen molar-refractivity contribution >= 4 is 5.97 Å². The largest absolute Gasteiger partial charge is 0.464 e. The predicted molar refractivity (Wildman–Crippen MR) is 61.2 cm³/mol. The summed E-state index contributed by atoms with van der Waals surface area (Å²) < 4.78 is 6.51. The zero-order valence-electron chi connectivity index (χ0n) is 10.2. The SMILES string of the molecule is COC(=O)c1cc([C@H]2[C@H](N)C2(C)C)cn1C. The van der Waals surface area contributed by atoms with Crippen molar-refractivity contribution in [2.45, 2.75) is 25.8 Å². The van der Waals surface area contributed by atoms with Crippen LogP contribution >= 0.6 is 0 Å². The van der Waals surface area contributed by atoms with Gasteiger partial charge in [-0.3, -0.25) is 0 Å². The van der Waals surface area contributed by atoms with Crippen molar-refractivity contribution < 1.29 is 9.53 Å². The van der Waals surface area contributed by atoms with E-state index < -0.39 is 0 Å².